The molecule has 1 rings (SSSR count). The molecule has 3 nitrogen and oxygen atoms in total. The number of hydrogen-bond acceptors (Lipinski definition) is 3. The normalized spacial score (nSPS) is 12.0. The lowest BCUT2D eigenvalue weighted by atomic mass is 10.3. The van der Waals surface area contributed by atoms with Gasteiger partial charge in [0.05, 0.1) is 0 Å². The molecule has 0 spiro atoms. The van der Waals surface area contributed by atoms with Crippen LogP contribution in [0.3, 0.4) is 0 Å². The highest BCUT2D eigenvalue weighted by molar-refractivity contribution is 6.28. The van der Waals surface area contributed by atoms with Gasteiger partial charge >= 0.3 is 6.18 Å². The molecular weight excluding hydrogens is 243 g/mol. The fraction of sp³-hybridized carbons (Fsp3) is 0.556. The van der Waals surface area contributed by atoms with Crippen LogP contribution in [-0.2, 0) is 6.18 Å². The molecule has 0 aromatic carbocycles. The van der Waals surface area contributed by atoms with E-state index in [-0.39, 0.29) is 11.9 Å². The van der Waals surface area contributed by atoms with E-state index in [9.17, 15) is 13.2 Å². The van der Waals surface area contributed by atoms with Gasteiger partial charge < -0.3 is 4.90 Å². The minimum absolute atomic E-state index is 0.0204. The summed E-state index contributed by atoms with van der Waals surface area (Å²) in [5.41, 5.74) is -1.03. The molecule has 1 aromatic heterocycles. The first-order valence-corrected chi connectivity index (χ1v) is 4.94. The average molecular weight is 254 g/mol. The topological polar surface area (TPSA) is 29.0 Å². The van der Waals surface area contributed by atoms with Gasteiger partial charge in [-0.1, -0.05) is 0 Å². The van der Waals surface area contributed by atoms with Crippen molar-refractivity contribution in [2.24, 2.45) is 0 Å². The Balaban J connectivity index is 3.18. The molecule has 0 aliphatic rings. The Morgan fingerprint density at radius 1 is 1.31 bits per heavy atom. The Kier molecular flexibility index (Phi) is 3.62. The second-order valence-electron chi connectivity index (χ2n) is 3.58. The van der Waals surface area contributed by atoms with Gasteiger partial charge in [-0.25, -0.2) is 9.97 Å². The third kappa shape index (κ3) is 2.98. The highest BCUT2D eigenvalue weighted by atomic mass is 35.5. The summed E-state index contributed by atoms with van der Waals surface area (Å²) in [4.78, 5) is 8.48. The Labute approximate surface area is 96.3 Å². The minimum Gasteiger partial charge on any atom is -0.357 e. The molecule has 1 heterocycles. The van der Waals surface area contributed by atoms with E-state index in [2.05, 4.69) is 9.97 Å². The van der Waals surface area contributed by atoms with Crippen LogP contribution in [0.25, 0.3) is 0 Å². The van der Waals surface area contributed by atoms with Crippen LogP contribution in [-0.4, -0.2) is 23.1 Å². The van der Waals surface area contributed by atoms with Crippen molar-refractivity contribution in [2.45, 2.75) is 26.1 Å². The summed E-state index contributed by atoms with van der Waals surface area (Å²) in [5.74, 6) is 0.155. The van der Waals surface area contributed by atoms with Crippen LogP contribution in [0.4, 0.5) is 19.0 Å². The third-order valence-electron chi connectivity index (χ3n) is 2.11. The zero-order valence-corrected chi connectivity index (χ0v) is 9.76. The molecule has 0 amide bonds. The van der Waals surface area contributed by atoms with E-state index >= 15 is 0 Å². The molecule has 0 unspecified atom stereocenters. The zero-order valence-electron chi connectivity index (χ0n) is 9.01. The molecule has 90 valence electrons. The van der Waals surface area contributed by atoms with Crippen molar-refractivity contribution in [1.82, 2.24) is 9.97 Å². The van der Waals surface area contributed by atoms with E-state index in [4.69, 9.17) is 11.6 Å². The smallest absolute Gasteiger partial charge is 0.357 e. The maximum atomic E-state index is 12.4. The van der Waals surface area contributed by atoms with Crippen LogP contribution in [0, 0.1) is 0 Å². The van der Waals surface area contributed by atoms with Gasteiger partial charge in [-0.2, -0.15) is 13.2 Å². The van der Waals surface area contributed by atoms with Crippen LogP contribution < -0.4 is 4.90 Å². The van der Waals surface area contributed by atoms with E-state index in [1.54, 1.807) is 11.9 Å². The fourth-order valence-electron chi connectivity index (χ4n) is 0.996. The van der Waals surface area contributed by atoms with Crippen LogP contribution >= 0.6 is 11.6 Å². The van der Waals surface area contributed by atoms with Crippen molar-refractivity contribution < 1.29 is 13.2 Å². The summed E-state index contributed by atoms with van der Waals surface area (Å²) in [6.45, 7) is 3.67. The first-order valence-electron chi connectivity index (χ1n) is 4.56. The maximum absolute atomic E-state index is 12.4. The van der Waals surface area contributed by atoms with E-state index in [0.29, 0.717) is 0 Å². The van der Waals surface area contributed by atoms with Crippen molar-refractivity contribution in [3.63, 3.8) is 0 Å². The Hall–Kier alpha value is -1.04. The first-order chi connectivity index (χ1) is 7.21. The molecule has 0 saturated carbocycles. The number of alkyl halides is 3. The van der Waals surface area contributed by atoms with E-state index in [1.165, 1.54) is 0 Å². The number of hydrogen-bond donors (Lipinski definition) is 0. The standard InChI is InChI=1S/C9H11ClF3N3/c1-5(2)16(3)7-4-6(9(11,12)13)14-8(10)15-7/h4-5H,1-3H3. The quantitative estimate of drug-likeness (QED) is 0.759. The number of nitrogens with zero attached hydrogens (tertiary/aromatic N) is 3. The van der Waals surface area contributed by atoms with Crippen LogP contribution in [0.5, 0.6) is 0 Å². The van der Waals surface area contributed by atoms with Gasteiger partial charge in [0.2, 0.25) is 5.28 Å². The second kappa shape index (κ2) is 4.45. The molecule has 0 fully saturated rings. The minimum atomic E-state index is -4.51. The zero-order chi connectivity index (χ0) is 12.5. The Morgan fingerprint density at radius 3 is 2.31 bits per heavy atom. The molecular formula is C9H11ClF3N3. The summed E-state index contributed by atoms with van der Waals surface area (Å²) in [5, 5.41) is -0.405. The molecule has 0 saturated heterocycles. The Morgan fingerprint density at radius 2 is 1.88 bits per heavy atom. The van der Waals surface area contributed by atoms with Gasteiger partial charge in [-0.05, 0) is 25.4 Å². The summed E-state index contributed by atoms with van der Waals surface area (Å²) in [6.07, 6.45) is -4.51. The van der Waals surface area contributed by atoms with Crippen LogP contribution in [0.1, 0.15) is 19.5 Å². The van der Waals surface area contributed by atoms with Gasteiger partial charge in [0.1, 0.15) is 5.82 Å². The lowest BCUT2D eigenvalue weighted by Gasteiger charge is -2.23. The fourth-order valence-corrected chi connectivity index (χ4v) is 1.17. The molecule has 1 aromatic rings. The van der Waals surface area contributed by atoms with Gasteiger partial charge in [-0.3, -0.25) is 0 Å². The molecule has 0 radical (unpaired) electrons. The van der Waals surface area contributed by atoms with Crippen LogP contribution in [0.2, 0.25) is 5.28 Å². The number of aromatic nitrogens is 2. The number of rotatable bonds is 2. The number of halogens is 4. The molecule has 0 atom stereocenters. The molecule has 0 bridgehead atoms. The summed E-state index contributed by atoms with van der Waals surface area (Å²) in [6, 6.07) is 0.901. The highest BCUT2D eigenvalue weighted by Crippen LogP contribution is 2.30. The first kappa shape index (κ1) is 13.0. The van der Waals surface area contributed by atoms with Gasteiger partial charge in [-0.15, -0.1) is 0 Å². The molecule has 0 aliphatic heterocycles. The summed E-state index contributed by atoms with van der Waals surface area (Å²) < 4.78 is 37.3. The lowest BCUT2D eigenvalue weighted by molar-refractivity contribution is -0.141. The second-order valence-corrected chi connectivity index (χ2v) is 3.92. The third-order valence-corrected chi connectivity index (χ3v) is 2.28. The van der Waals surface area contributed by atoms with E-state index in [1.807, 2.05) is 13.8 Å². The molecule has 16 heavy (non-hydrogen) atoms. The van der Waals surface area contributed by atoms with E-state index < -0.39 is 17.2 Å². The number of anilines is 1. The maximum Gasteiger partial charge on any atom is 0.433 e. The predicted molar refractivity (Wildman–Crippen MR) is 55.6 cm³/mol. The van der Waals surface area contributed by atoms with Crippen molar-refractivity contribution >= 4 is 17.4 Å². The molecule has 7 heteroatoms. The molecule has 0 aliphatic carbocycles. The van der Waals surface area contributed by atoms with Gasteiger partial charge in [0, 0.05) is 19.2 Å². The SMILES string of the molecule is CC(C)N(C)c1cc(C(F)(F)F)nc(Cl)n1. The van der Waals surface area contributed by atoms with E-state index in [0.717, 1.165) is 6.07 Å². The van der Waals surface area contributed by atoms with Crippen LogP contribution in [0.15, 0.2) is 6.07 Å². The average Bonchev–Trinajstić information content (AvgIpc) is 2.14. The summed E-state index contributed by atoms with van der Waals surface area (Å²) >= 11 is 5.46. The highest BCUT2D eigenvalue weighted by Gasteiger charge is 2.34. The largest absolute Gasteiger partial charge is 0.433 e. The van der Waals surface area contributed by atoms with Crippen molar-refractivity contribution in [3.8, 4) is 0 Å². The predicted octanol–water partition coefficient (Wildman–Crippen LogP) is 2.99. The van der Waals surface area contributed by atoms with Gasteiger partial charge in [0.25, 0.3) is 0 Å². The van der Waals surface area contributed by atoms with Crippen molar-refractivity contribution in [3.05, 3.63) is 17.0 Å². The van der Waals surface area contributed by atoms with Crippen molar-refractivity contribution in [1.29, 1.82) is 0 Å². The lowest BCUT2D eigenvalue weighted by Crippen LogP contribution is -2.27. The Bertz CT molecular complexity index is 379. The summed E-state index contributed by atoms with van der Waals surface area (Å²) in [7, 11) is 1.64. The van der Waals surface area contributed by atoms with Crippen molar-refractivity contribution in [2.75, 3.05) is 11.9 Å². The molecule has 0 N–H and O–H groups in total. The monoisotopic (exact) mass is 253 g/mol. The van der Waals surface area contributed by atoms with Gasteiger partial charge in [0.15, 0.2) is 5.69 Å².